The van der Waals surface area contributed by atoms with Crippen molar-refractivity contribution in [2.45, 2.75) is 13.5 Å². The maximum absolute atomic E-state index is 13.8. The van der Waals surface area contributed by atoms with Gasteiger partial charge < -0.3 is 0 Å². The molecule has 0 aliphatic rings. The molecular formula is C17H14FN3O. The van der Waals surface area contributed by atoms with Gasteiger partial charge in [-0.2, -0.15) is 0 Å². The highest BCUT2D eigenvalue weighted by Gasteiger charge is 2.15. The van der Waals surface area contributed by atoms with Crippen LogP contribution in [-0.4, -0.2) is 21.3 Å². The van der Waals surface area contributed by atoms with Crippen LogP contribution in [0.5, 0.6) is 0 Å². The van der Waals surface area contributed by atoms with Crippen LogP contribution in [0.25, 0.3) is 11.3 Å². The number of benzene rings is 2. The van der Waals surface area contributed by atoms with E-state index in [2.05, 4.69) is 10.3 Å². The summed E-state index contributed by atoms with van der Waals surface area (Å²) in [4.78, 5) is 11.2. The Bertz CT molecular complexity index is 809. The maximum Gasteiger partial charge on any atom is 0.172 e. The average molecular weight is 295 g/mol. The van der Waals surface area contributed by atoms with Crippen molar-refractivity contribution in [2.24, 2.45) is 0 Å². The van der Waals surface area contributed by atoms with E-state index in [4.69, 9.17) is 0 Å². The lowest BCUT2D eigenvalue weighted by Gasteiger charge is -2.08. The Morgan fingerprint density at radius 1 is 1.14 bits per heavy atom. The van der Waals surface area contributed by atoms with Crippen LogP contribution in [0.3, 0.4) is 0 Å². The summed E-state index contributed by atoms with van der Waals surface area (Å²) in [6.07, 6.45) is 0.667. The van der Waals surface area contributed by atoms with Crippen molar-refractivity contribution in [2.75, 3.05) is 0 Å². The van der Waals surface area contributed by atoms with Gasteiger partial charge in [-0.3, -0.25) is 4.79 Å². The smallest absolute Gasteiger partial charge is 0.172 e. The standard InChI is InChI=1S/C17H14FN3O/c1-12-6-8-13(9-7-12)17-16(11-22)19-20-21(17)10-14-4-2-3-5-15(14)18/h2-9,11H,10H2,1H3. The second-order valence-electron chi connectivity index (χ2n) is 5.06. The second-order valence-corrected chi connectivity index (χ2v) is 5.06. The predicted octanol–water partition coefficient (Wildman–Crippen LogP) is 3.25. The Balaban J connectivity index is 2.06. The minimum atomic E-state index is -0.305. The van der Waals surface area contributed by atoms with Crippen LogP contribution in [0.15, 0.2) is 48.5 Å². The van der Waals surface area contributed by atoms with Crippen LogP contribution < -0.4 is 0 Å². The van der Waals surface area contributed by atoms with E-state index in [0.29, 0.717) is 17.5 Å². The normalized spacial score (nSPS) is 10.6. The van der Waals surface area contributed by atoms with Gasteiger partial charge in [-0.05, 0) is 13.0 Å². The van der Waals surface area contributed by atoms with Crippen LogP contribution in [0, 0.1) is 12.7 Å². The number of carbonyl (C=O) groups is 1. The van der Waals surface area contributed by atoms with Gasteiger partial charge in [0, 0.05) is 11.1 Å². The molecule has 1 heterocycles. The summed E-state index contributed by atoms with van der Waals surface area (Å²) in [6.45, 7) is 2.20. The molecule has 0 unspecified atom stereocenters. The fraction of sp³-hybridized carbons (Fsp3) is 0.118. The number of nitrogens with zero attached hydrogens (tertiary/aromatic N) is 3. The molecular weight excluding hydrogens is 281 g/mol. The Labute approximate surface area is 127 Å². The third-order valence-corrected chi connectivity index (χ3v) is 3.48. The van der Waals surface area contributed by atoms with Crippen molar-refractivity contribution < 1.29 is 9.18 Å². The Kier molecular flexibility index (Phi) is 3.78. The molecule has 0 N–H and O–H groups in total. The first kappa shape index (κ1) is 14.1. The molecule has 110 valence electrons. The van der Waals surface area contributed by atoms with E-state index in [1.54, 1.807) is 22.9 Å². The van der Waals surface area contributed by atoms with Crippen LogP contribution >= 0.6 is 0 Å². The zero-order chi connectivity index (χ0) is 15.5. The van der Waals surface area contributed by atoms with Gasteiger partial charge in [0.2, 0.25) is 0 Å². The number of hydrogen-bond acceptors (Lipinski definition) is 3. The van der Waals surface area contributed by atoms with E-state index in [0.717, 1.165) is 11.1 Å². The Morgan fingerprint density at radius 3 is 2.55 bits per heavy atom. The van der Waals surface area contributed by atoms with Gasteiger partial charge in [0.1, 0.15) is 5.82 Å². The summed E-state index contributed by atoms with van der Waals surface area (Å²) in [5.41, 5.74) is 3.29. The van der Waals surface area contributed by atoms with Gasteiger partial charge >= 0.3 is 0 Å². The molecule has 0 aliphatic heterocycles. The minimum absolute atomic E-state index is 0.219. The van der Waals surface area contributed by atoms with E-state index in [1.165, 1.54) is 6.07 Å². The van der Waals surface area contributed by atoms with Gasteiger partial charge in [-0.25, -0.2) is 9.07 Å². The summed E-state index contributed by atoms with van der Waals surface area (Å²) in [6, 6.07) is 14.2. The molecule has 0 saturated heterocycles. The lowest BCUT2D eigenvalue weighted by Crippen LogP contribution is -2.06. The molecule has 5 heteroatoms. The number of carbonyl (C=O) groups excluding carboxylic acids is 1. The summed E-state index contributed by atoms with van der Waals surface area (Å²) in [5.74, 6) is -0.305. The molecule has 0 fully saturated rings. The fourth-order valence-corrected chi connectivity index (χ4v) is 2.31. The lowest BCUT2D eigenvalue weighted by molar-refractivity contribution is 0.111. The first-order valence-electron chi connectivity index (χ1n) is 6.88. The van der Waals surface area contributed by atoms with Crippen molar-refractivity contribution in [3.8, 4) is 11.3 Å². The third kappa shape index (κ3) is 2.65. The molecule has 0 radical (unpaired) electrons. The van der Waals surface area contributed by atoms with Crippen molar-refractivity contribution >= 4 is 6.29 Å². The molecule has 0 spiro atoms. The molecule has 0 aliphatic carbocycles. The monoisotopic (exact) mass is 295 g/mol. The van der Waals surface area contributed by atoms with E-state index in [9.17, 15) is 9.18 Å². The molecule has 3 rings (SSSR count). The third-order valence-electron chi connectivity index (χ3n) is 3.48. The molecule has 22 heavy (non-hydrogen) atoms. The molecule has 0 amide bonds. The fourth-order valence-electron chi connectivity index (χ4n) is 2.31. The lowest BCUT2D eigenvalue weighted by atomic mass is 10.1. The average Bonchev–Trinajstić information content (AvgIpc) is 2.93. The van der Waals surface area contributed by atoms with E-state index < -0.39 is 0 Å². The zero-order valence-electron chi connectivity index (χ0n) is 12.0. The molecule has 4 nitrogen and oxygen atoms in total. The number of aromatic nitrogens is 3. The SMILES string of the molecule is Cc1ccc(-c2c(C=O)nnn2Cc2ccccc2F)cc1. The largest absolute Gasteiger partial charge is 0.296 e. The van der Waals surface area contributed by atoms with Crippen molar-refractivity contribution in [3.63, 3.8) is 0 Å². The number of rotatable bonds is 4. The highest BCUT2D eigenvalue weighted by Crippen LogP contribution is 2.23. The number of aldehydes is 1. The first-order chi connectivity index (χ1) is 10.7. The van der Waals surface area contributed by atoms with Crippen LogP contribution in [-0.2, 0) is 6.54 Å². The quantitative estimate of drug-likeness (QED) is 0.694. The highest BCUT2D eigenvalue weighted by molar-refractivity contribution is 5.83. The number of aryl methyl sites for hydroxylation is 1. The summed E-state index contributed by atoms with van der Waals surface area (Å²) >= 11 is 0. The summed E-state index contributed by atoms with van der Waals surface area (Å²) in [5, 5.41) is 7.87. The Morgan fingerprint density at radius 2 is 1.86 bits per heavy atom. The van der Waals surface area contributed by atoms with Gasteiger partial charge in [-0.15, -0.1) is 5.10 Å². The van der Waals surface area contributed by atoms with E-state index >= 15 is 0 Å². The minimum Gasteiger partial charge on any atom is -0.296 e. The molecule has 2 aromatic carbocycles. The molecule has 0 atom stereocenters. The van der Waals surface area contributed by atoms with Crippen LogP contribution in [0.1, 0.15) is 21.6 Å². The first-order valence-corrected chi connectivity index (χ1v) is 6.88. The predicted molar refractivity (Wildman–Crippen MR) is 81.1 cm³/mol. The van der Waals surface area contributed by atoms with Crippen molar-refractivity contribution in [1.82, 2.24) is 15.0 Å². The molecule has 0 bridgehead atoms. The maximum atomic E-state index is 13.8. The van der Waals surface area contributed by atoms with E-state index in [1.807, 2.05) is 31.2 Å². The van der Waals surface area contributed by atoms with Crippen LogP contribution in [0.2, 0.25) is 0 Å². The van der Waals surface area contributed by atoms with Gasteiger partial charge in [0.05, 0.1) is 12.2 Å². The molecule has 3 aromatic rings. The summed E-state index contributed by atoms with van der Waals surface area (Å²) in [7, 11) is 0. The number of halogens is 1. The summed E-state index contributed by atoms with van der Waals surface area (Å²) < 4.78 is 15.4. The number of hydrogen-bond donors (Lipinski definition) is 0. The second kappa shape index (κ2) is 5.89. The topological polar surface area (TPSA) is 47.8 Å². The van der Waals surface area contributed by atoms with Crippen molar-refractivity contribution in [1.29, 1.82) is 0 Å². The van der Waals surface area contributed by atoms with Crippen molar-refractivity contribution in [3.05, 3.63) is 71.2 Å². The zero-order valence-corrected chi connectivity index (χ0v) is 12.0. The van der Waals surface area contributed by atoms with Crippen LogP contribution in [0.4, 0.5) is 4.39 Å². The molecule has 1 aromatic heterocycles. The van der Waals surface area contributed by atoms with E-state index in [-0.39, 0.29) is 18.1 Å². The molecule has 0 saturated carbocycles. The van der Waals surface area contributed by atoms with Gasteiger partial charge in [-0.1, -0.05) is 53.2 Å². The highest BCUT2D eigenvalue weighted by atomic mass is 19.1. The van der Waals surface area contributed by atoms with Gasteiger partial charge in [0.15, 0.2) is 12.0 Å². The van der Waals surface area contributed by atoms with Gasteiger partial charge in [0.25, 0.3) is 0 Å². The Hall–Kier alpha value is -2.82.